The molecule has 14 heavy (non-hydrogen) atoms. The first-order chi connectivity index (χ1) is 6.37. The van der Waals surface area contributed by atoms with Crippen molar-refractivity contribution in [2.24, 2.45) is 0 Å². The van der Waals surface area contributed by atoms with Gasteiger partial charge in [0.25, 0.3) is 0 Å². The molecule has 0 bridgehead atoms. The summed E-state index contributed by atoms with van der Waals surface area (Å²) in [6.45, 7) is 6.76. The fourth-order valence-corrected chi connectivity index (χ4v) is 3.00. The first kappa shape index (κ1) is 12.3. The van der Waals surface area contributed by atoms with Crippen molar-refractivity contribution in [3.8, 4) is 11.5 Å². The van der Waals surface area contributed by atoms with Gasteiger partial charge in [-0.1, -0.05) is 41.5 Å². The molecule has 0 aliphatic heterocycles. The van der Waals surface area contributed by atoms with Gasteiger partial charge >= 0.3 is 0 Å². The summed E-state index contributed by atoms with van der Waals surface area (Å²) in [6.07, 6.45) is 0. The molecule has 0 nitrogen and oxygen atoms in total. The molecule has 0 saturated carbocycles. The lowest BCUT2D eigenvalue weighted by atomic mass is 10.2. The summed E-state index contributed by atoms with van der Waals surface area (Å²) >= 11 is 5.78. The highest BCUT2D eigenvalue weighted by Gasteiger charge is 2.07. The Hall–Kier alpha value is 0.207. The van der Waals surface area contributed by atoms with Crippen molar-refractivity contribution in [2.75, 3.05) is 0 Å². The molecule has 0 unspecified atom stereocenters. The topological polar surface area (TPSA) is 0 Å². The lowest BCUT2D eigenvalue weighted by Gasteiger charge is -2.03. The maximum Gasteiger partial charge on any atom is 0.129 e. The first-order valence-electron chi connectivity index (χ1n) is 4.36. The molecule has 0 heterocycles. The molecular formula is C11H12BrISi. The lowest BCUT2D eigenvalue weighted by molar-refractivity contribution is 1.55. The number of rotatable bonds is 0. The van der Waals surface area contributed by atoms with Crippen LogP contribution in [0, 0.1) is 15.0 Å². The average Bonchev–Trinajstić information content (AvgIpc) is 1.97. The van der Waals surface area contributed by atoms with Crippen LogP contribution in [0.4, 0.5) is 0 Å². The van der Waals surface area contributed by atoms with E-state index in [1.54, 1.807) is 0 Å². The Morgan fingerprint density at radius 1 is 1.21 bits per heavy atom. The van der Waals surface area contributed by atoms with Crippen molar-refractivity contribution in [3.63, 3.8) is 0 Å². The summed E-state index contributed by atoms with van der Waals surface area (Å²) in [4.78, 5) is 0. The van der Waals surface area contributed by atoms with E-state index in [2.05, 4.69) is 87.8 Å². The molecule has 0 N–H and O–H groups in total. The summed E-state index contributed by atoms with van der Waals surface area (Å²) in [7, 11) is -1.25. The third-order valence-corrected chi connectivity index (χ3v) is 3.40. The lowest BCUT2D eigenvalue weighted by Crippen LogP contribution is -2.16. The minimum Gasteiger partial charge on any atom is -0.127 e. The van der Waals surface area contributed by atoms with Gasteiger partial charge in [0.05, 0.1) is 0 Å². The zero-order valence-corrected chi connectivity index (χ0v) is 13.2. The molecule has 0 saturated heterocycles. The number of hydrogen-bond acceptors (Lipinski definition) is 0. The van der Waals surface area contributed by atoms with Gasteiger partial charge < -0.3 is 0 Å². The van der Waals surface area contributed by atoms with Crippen molar-refractivity contribution in [3.05, 3.63) is 31.8 Å². The summed E-state index contributed by atoms with van der Waals surface area (Å²) < 4.78 is 2.32. The molecular weight excluding hydrogens is 367 g/mol. The minimum atomic E-state index is -1.25. The van der Waals surface area contributed by atoms with Crippen molar-refractivity contribution in [2.45, 2.75) is 19.6 Å². The second-order valence-corrected chi connectivity index (χ2v) is 11.1. The van der Waals surface area contributed by atoms with Crippen LogP contribution in [-0.4, -0.2) is 8.07 Å². The Kier molecular flexibility index (Phi) is 4.23. The van der Waals surface area contributed by atoms with Gasteiger partial charge in [-0.15, -0.1) is 5.54 Å². The predicted octanol–water partition coefficient (Wildman–Crippen LogP) is 4.28. The Bertz CT molecular complexity index is 376. The molecule has 0 fully saturated rings. The highest BCUT2D eigenvalue weighted by molar-refractivity contribution is 14.1. The summed E-state index contributed by atoms with van der Waals surface area (Å²) in [6, 6.07) is 6.26. The predicted molar refractivity (Wildman–Crippen MR) is 77.1 cm³/mol. The van der Waals surface area contributed by atoms with Gasteiger partial charge in [-0.25, -0.2) is 0 Å². The van der Waals surface area contributed by atoms with E-state index < -0.39 is 8.07 Å². The van der Waals surface area contributed by atoms with Gasteiger partial charge in [-0.3, -0.25) is 0 Å². The number of hydrogen-bond donors (Lipinski definition) is 0. The molecule has 0 atom stereocenters. The summed E-state index contributed by atoms with van der Waals surface area (Å²) in [5, 5.41) is 0. The number of benzene rings is 1. The molecule has 74 valence electrons. The zero-order valence-electron chi connectivity index (χ0n) is 8.49. The molecule has 3 heteroatoms. The van der Waals surface area contributed by atoms with Crippen LogP contribution >= 0.6 is 38.5 Å². The Labute approximate surface area is 109 Å². The van der Waals surface area contributed by atoms with Crippen molar-refractivity contribution in [1.29, 1.82) is 0 Å². The van der Waals surface area contributed by atoms with Crippen molar-refractivity contribution < 1.29 is 0 Å². The van der Waals surface area contributed by atoms with Gasteiger partial charge in [0, 0.05) is 13.6 Å². The Morgan fingerprint density at radius 3 is 2.36 bits per heavy atom. The van der Waals surface area contributed by atoms with Gasteiger partial charge in [0.15, 0.2) is 0 Å². The second kappa shape index (κ2) is 4.82. The summed E-state index contributed by atoms with van der Waals surface area (Å²) in [5.74, 6) is 3.24. The maximum atomic E-state index is 3.47. The van der Waals surface area contributed by atoms with Crippen LogP contribution in [0.5, 0.6) is 0 Å². The SMILES string of the molecule is C[Si](C)(C)C#Cc1cc(Br)cc(I)c1. The van der Waals surface area contributed by atoms with Gasteiger partial charge in [-0.2, -0.15) is 0 Å². The van der Waals surface area contributed by atoms with E-state index in [9.17, 15) is 0 Å². The zero-order chi connectivity index (χ0) is 10.8. The first-order valence-corrected chi connectivity index (χ1v) is 9.73. The third kappa shape index (κ3) is 4.62. The largest absolute Gasteiger partial charge is 0.129 e. The molecule has 1 aromatic rings. The van der Waals surface area contributed by atoms with Crippen LogP contribution in [-0.2, 0) is 0 Å². The maximum absolute atomic E-state index is 3.47. The molecule has 0 aliphatic rings. The quantitative estimate of drug-likeness (QED) is 0.359. The van der Waals surface area contributed by atoms with E-state index in [-0.39, 0.29) is 0 Å². The van der Waals surface area contributed by atoms with Gasteiger partial charge in [-0.05, 0) is 40.8 Å². The van der Waals surface area contributed by atoms with Gasteiger partial charge in [0.2, 0.25) is 0 Å². The fourth-order valence-electron chi connectivity index (χ4n) is 0.886. The fraction of sp³-hybridized carbons (Fsp3) is 0.273. The third-order valence-electron chi connectivity index (χ3n) is 1.44. The van der Waals surface area contributed by atoms with Crippen LogP contribution < -0.4 is 0 Å². The van der Waals surface area contributed by atoms with Gasteiger partial charge in [0.1, 0.15) is 8.07 Å². The number of halogens is 2. The van der Waals surface area contributed by atoms with E-state index in [1.807, 2.05) is 0 Å². The molecule has 1 aromatic carbocycles. The smallest absolute Gasteiger partial charge is 0.127 e. The molecule has 0 radical (unpaired) electrons. The molecule has 0 spiro atoms. The Balaban J connectivity index is 3.02. The summed E-state index contributed by atoms with van der Waals surface area (Å²) in [5.41, 5.74) is 4.46. The van der Waals surface area contributed by atoms with Crippen LogP contribution in [0.2, 0.25) is 19.6 Å². The van der Waals surface area contributed by atoms with E-state index in [4.69, 9.17) is 0 Å². The molecule has 0 aromatic heterocycles. The van der Waals surface area contributed by atoms with E-state index in [0.29, 0.717) is 0 Å². The van der Waals surface area contributed by atoms with E-state index >= 15 is 0 Å². The van der Waals surface area contributed by atoms with E-state index in [1.165, 1.54) is 3.57 Å². The Morgan fingerprint density at radius 2 is 1.86 bits per heavy atom. The highest BCUT2D eigenvalue weighted by Crippen LogP contribution is 2.16. The molecule has 1 rings (SSSR count). The van der Waals surface area contributed by atoms with Crippen LogP contribution in [0.3, 0.4) is 0 Å². The second-order valence-electron chi connectivity index (χ2n) is 4.16. The van der Waals surface area contributed by atoms with Crippen molar-refractivity contribution >= 4 is 46.6 Å². The van der Waals surface area contributed by atoms with Crippen LogP contribution in [0.15, 0.2) is 22.7 Å². The van der Waals surface area contributed by atoms with Crippen LogP contribution in [0.1, 0.15) is 5.56 Å². The highest BCUT2D eigenvalue weighted by atomic mass is 127. The van der Waals surface area contributed by atoms with E-state index in [0.717, 1.165) is 10.0 Å². The van der Waals surface area contributed by atoms with Crippen LogP contribution in [0.25, 0.3) is 0 Å². The standard InChI is InChI=1S/C11H12BrISi/c1-14(2,3)5-4-9-6-10(12)8-11(13)7-9/h6-8H,1-3H3. The monoisotopic (exact) mass is 378 g/mol. The average molecular weight is 379 g/mol. The van der Waals surface area contributed by atoms with Crippen molar-refractivity contribution in [1.82, 2.24) is 0 Å². The normalized spacial score (nSPS) is 10.6. The molecule has 0 amide bonds. The minimum absolute atomic E-state index is 1.10. The molecule has 0 aliphatic carbocycles.